The zero-order valence-electron chi connectivity index (χ0n) is 7.12. The van der Waals surface area contributed by atoms with Gasteiger partial charge in [0.25, 0.3) is 0 Å². The van der Waals surface area contributed by atoms with E-state index in [9.17, 15) is 0 Å². The Balaban J connectivity index is 1.72. The highest BCUT2D eigenvalue weighted by atomic mass is 16.5. The first-order valence-corrected chi connectivity index (χ1v) is 4.54. The number of ether oxygens (including phenoxy) is 1. The Morgan fingerprint density at radius 1 is 1.50 bits per heavy atom. The first-order valence-electron chi connectivity index (χ1n) is 4.54. The molecule has 63 valence electrons. The maximum atomic E-state index is 5.53. The van der Waals surface area contributed by atoms with Crippen LogP contribution in [0.2, 0.25) is 0 Å². The Kier molecular flexibility index (Phi) is 2.31. The minimum atomic E-state index is 0.864. The van der Waals surface area contributed by atoms with Crippen LogP contribution in [0, 0.1) is 12.0 Å². The smallest absolute Gasteiger partial charge is 0.119 e. The molecule has 1 aliphatic rings. The van der Waals surface area contributed by atoms with Crippen LogP contribution in [-0.2, 0) is 0 Å². The largest absolute Gasteiger partial charge is 0.494 e. The monoisotopic (exact) mass is 161 g/mol. The second-order valence-electron chi connectivity index (χ2n) is 3.32. The summed E-state index contributed by atoms with van der Waals surface area (Å²) in [6, 6.07) is 10.7. The highest BCUT2D eigenvalue weighted by Gasteiger charge is 2.20. The standard InChI is InChI=1S/C11H13O/c1-2-4-11(5-3-1)12-9-8-10-6-7-10/h1-2,4-5,10H,6-9H2. The van der Waals surface area contributed by atoms with E-state index in [1.807, 2.05) is 24.3 Å². The van der Waals surface area contributed by atoms with Crippen LogP contribution in [0.5, 0.6) is 5.75 Å². The van der Waals surface area contributed by atoms with E-state index < -0.39 is 0 Å². The van der Waals surface area contributed by atoms with Crippen LogP contribution in [0.15, 0.2) is 24.3 Å². The van der Waals surface area contributed by atoms with E-state index in [1.165, 1.54) is 19.3 Å². The Hall–Kier alpha value is -0.980. The molecule has 0 amide bonds. The molecule has 1 nitrogen and oxygen atoms in total. The predicted octanol–water partition coefficient (Wildman–Crippen LogP) is 2.67. The van der Waals surface area contributed by atoms with Gasteiger partial charge < -0.3 is 4.74 Å². The zero-order chi connectivity index (χ0) is 8.23. The molecular weight excluding hydrogens is 148 g/mol. The Morgan fingerprint density at radius 2 is 2.42 bits per heavy atom. The Bertz CT molecular complexity index is 226. The molecule has 1 aromatic carbocycles. The SMILES string of the molecule is [c]1cccc(OCCC2CC2)c1. The molecular formula is C11H13O. The van der Waals surface area contributed by atoms with Gasteiger partial charge in [0.1, 0.15) is 5.75 Å². The topological polar surface area (TPSA) is 9.23 Å². The van der Waals surface area contributed by atoms with E-state index in [2.05, 4.69) is 6.07 Å². The molecule has 0 spiro atoms. The van der Waals surface area contributed by atoms with Gasteiger partial charge in [-0.2, -0.15) is 0 Å². The molecule has 12 heavy (non-hydrogen) atoms. The third-order valence-corrected chi connectivity index (χ3v) is 2.17. The van der Waals surface area contributed by atoms with Crippen molar-refractivity contribution in [3.8, 4) is 5.75 Å². The first-order chi connectivity index (χ1) is 5.95. The van der Waals surface area contributed by atoms with E-state index >= 15 is 0 Å². The van der Waals surface area contributed by atoms with Crippen molar-refractivity contribution in [1.29, 1.82) is 0 Å². The van der Waals surface area contributed by atoms with Gasteiger partial charge in [0.2, 0.25) is 0 Å². The lowest BCUT2D eigenvalue weighted by atomic mass is 10.3. The Labute approximate surface area is 73.4 Å². The highest BCUT2D eigenvalue weighted by molar-refractivity contribution is 5.19. The fourth-order valence-corrected chi connectivity index (χ4v) is 1.22. The van der Waals surface area contributed by atoms with Gasteiger partial charge in [-0.25, -0.2) is 0 Å². The normalized spacial score (nSPS) is 16.0. The number of benzene rings is 1. The van der Waals surface area contributed by atoms with Crippen LogP contribution < -0.4 is 4.74 Å². The molecule has 1 aliphatic carbocycles. The Morgan fingerprint density at radius 3 is 3.08 bits per heavy atom. The second kappa shape index (κ2) is 3.61. The maximum absolute atomic E-state index is 5.53. The van der Waals surface area contributed by atoms with Gasteiger partial charge in [0, 0.05) is 0 Å². The van der Waals surface area contributed by atoms with Crippen LogP contribution in [0.25, 0.3) is 0 Å². The minimum absolute atomic E-state index is 0.864. The van der Waals surface area contributed by atoms with E-state index in [0.717, 1.165) is 18.3 Å². The lowest BCUT2D eigenvalue weighted by Gasteiger charge is -2.03. The van der Waals surface area contributed by atoms with Crippen molar-refractivity contribution in [3.05, 3.63) is 30.3 Å². The summed E-state index contributed by atoms with van der Waals surface area (Å²) in [7, 11) is 0. The van der Waals surface area contributed by atoms with Crippen LogP contribution >= 0.6 is 0 Å². The molecule has 0 saturated heterocycles. The summed E-state index contributed by atoms with van der Waals surface area (Å²) >= 11 is 0. The van der Waals surface area contributed by atoms with Crippen molar-refractivity contribution in [3.63, 3.8) is 0 Å². The molecule has 0 bridgehead atoms. The van der Waals surface area contributed by atoms with Gasteiger partial charge >= 0.3 is 0 Å². The van der Waals surface area contributed by atoms with Crippen molar-refractivity contribution in [2.75, 3.05) is 6.61 Å². The first kappa shape index (κ1) is 7.66. The summed E-state index contributed by atoms with van der Waals surface area (Å²) in [4.78, 5) is 0. The average Bonchev–Trinajstić information content (AvgIpc) is 2.90. The van der Waals surface area contributed by atoms with Crippen molar-refractivity contribution in [1.82, 2.24) is 0 Å². The molecule has 1 fully saturated rings. The van der Waals surface area contributed by atoms with Gasteiger partial charge in [-0.1, -0.05) is 25.0 Å². The molecule has 0 aliphatic heterocycles. The van der Waals surface area contributed by atoms with Gasteiger partial charge in [-0.3, -0.25) is 0 Å². The highest BCUT2D eigenvalue weighted by Crippen LogP contribution is 2.32. The summed E-state index contributed by atoms with van der Waals surface area (Å²) in [5.74, 6) is 1.90. The number of hydrogen-bond acceptors (Lipinski definition) is 1. The second-order valence-corrected chi connectivity index (χ2v) is 3.32. The van der Waals surface area contributed by atoms with Gasteiger partial charge in [-0.05, 0) is 30.5 Å². The van der Waals surface area contributed by atoms with E-state index in [1.54, 1.807) is 0 Å². The van der Waals surface area contributed by atoms with Gasteiger partial charge in [0.05, 0.1) is 6.61 Å². The van der Waals surface area contributed by atoms with Crippen molar-refractivity contribution < 1.29 is 4.74 Å². The number of rotatable bonds is 4. The quantitative estimate of drug-likeness (QED) is 0.659. The summed E-state index contributed by atoms with van der Waals surface area (Å²) in [6.07, 6.45) is 4.03. The minimum Gasteiger partial charge on any atom is -0.494 e. The van der Waals surface area contributed by atoms with Crippen molar-refractivity contribution >= 4 is 0 Å². The molecule has 1 saturated carbocycles. The molecule has 1 aromatic rings. The summed E-state index contributed by atoms with van der Waals surface area (Å²) in [5, 5.41) is 0. The van der Waals surface area contributed by atoms with Gasteiger partial charge in [-0.15, -0.1) is 0 Å². The molecule has 0 heterocycles. The van der Waals surface area contributed by atoms with Crippen LogP contribution in [-0.4, -0.2) is 6.61 Å². The molecule has 0 atom stereocenters. The summed E-state index contributed by atoms with van der Waals surface area (Å²) in [5.41, 5.74) is 0. The fraction of sp³-hybridized carbons (Fsp3) is 0.455. The molecule has 1 radical (unpaired) electrons. The number of hydrogen-bond donors (Lipinski definition) is 0. The lowest BCUT2D eigenvalue weighted by molar-refractivity contribution is 0.302. The van der Waals surface area contributed by atoms with Crippen LogP contribution in [0.1, 0.15) is 19.3 Å². The van der Waals surface area contributed by atoms with Crippen molar-refractivity contribution in [2.45, 2.75) is 19.3 Å². The molecule has 0 aromatic heterocycles. The van der Waals surface area contributed by atoms with E-state index in [-0.39, 0.29) is 0 Å². The molecule has 0 unspecified atom stereocenters. The van der Waals surface area contributed by atoms with E-state index in [0.29, 0.717) is 0 Å². The lowest BCUT2D eigenvalue weighted by Crippen LogP contribution is -1.97. The molecule has 0 N–H and O–H groups in total. The van der Waals surface area contributed by atoms with Crippen LogP contribution in [0.4, 0.5) is 0 Å². The van der Waals surface area contributed by atoms with Gasteiger partial charge in [0.15, 0.2) is 0 Å². The third-order valence-electron chi connectivity index (χ3n) is 2.17. The average molecular weight is 161 g/mol. The maximum Gasteiger partial charge on any atom is 0.119 e. The molecule has 2 rings (SSSR count). The zero-order valence-corrected chi connectivity index (χ0v) is 7.12. The van der Waals surface area contributed by atoms with Crippen LogP contribution in [0.3, 0.4) is 0 Å². The van der Waals surface area contributed by atoms with E-state index in [4.69, 9.17) is 4.74 Å². The van der Waals surface area contributed by atoms with Crippen molar-refractivity contribution in [2.24, 2.45) is 5.92 Å². The molecule has 1 heteroatoms. The fourth-order valence-electron chi connectivity index (χ4n) is 1.22. The summed E-state index contributed by atoms with van der Waals surface area (Å²) in [6.45, 7) is 0.864. The predicted molar refractivity (Wildman–Crippen MR) is 48.1 cm³/mol. The third kappa shape index (κ3) is 2.26. The summed E-state index contributed by atoms with van der Waals surface area (Å²) < 4.78 is 5.53.